The molecular formula is C23H27FN2O2. The maximum atomic E-state index is 13.8. The lowest BCUT2D eigenvalue weighted by Gasteiger charge is -2.29. The lowest BCUT2D eigenvalue weighted by atomic mass is 9.89. The van der Waals surface area contributed by atoms with Crippen LogP contribution < -0.4 is 0 Å². The molecule has 28 heavy (non-hydrogen) atoms. The van der Waals surface area contributed by atoms with Crippen molar-refractivity contribution in [2.24, 2.45) is 11.8 Å². The van der Waals surface area contributed by atoms with E-state index in [0.29, 0.717) is 25.0 Å². The van der Waals surface area contributed by atoms with Crippen molar-refractivity contribution in [3.63, 3.8) is 0 Å². The SMILES string of the molecule is CC(=O)N1C[C@H]2CN(CCOCc3ccccc3)C[C@H]2[C@@H]1c1cccc(F)c1. The Morgan fingerprint density at radius 2 is 1.93 bits per heavy atom. The fraction of sp³-hybridized carbons (Fsp3) is 0.435. The highest BCUT2D eigenvalue weighted by Crippen LogP contribution is 2.44. The highest BCUT2D eigenvalue weighted by Gasteiger charge is 2.48. The summed E-state index contributed by atoms with van der Waals surface area (Å²) in [5.74, 6) is 0.612. The Labute approximate surface area is 165 Å². The van der Waals surface area contributed by atoms with Gasteiger partial charge in [-0.3, -0.25) is 4.79 Å². The number of carbonyl (C=O) groups excluding carboxylic acids is 1. The first-order chi connectivity index (χ1) is 13.6. The van der Waals surface area contributed by atoms with Crippen LogP contribution in [0.2, 0.25) is 0 Å². The van der Waals surface area contributed by atoms with Crippen molar-refractivity contribution in [3.8, 4) is 0 Å². The van der Waals surface area contributed by atoms with Gasteiger partial charge in [0.05, 0.1) is 19.3 Å². The molecule has 0 spiro atoms. The van der Waals surface area contributed by atoms with Crippen LogP contribution >= 0.6 is 0 Å². The Kier molecular flexibility index (Phi) is 5.74. The lowest BCUT2D eigenvalue weighted by molar-refractivity contribution is -0.130. The zero-order valence-electron chi connectivity index (χ0n) is 16.3. The molecule has 2 aliphatic heterocycles. The summed E-state index contributed by atoms with van der Waals surface area (Å²) in [5, 5.41) is 0. The normalized spacial score (nSPS) is 24.5. The molecule has 5 heteroatoms. The largest absolute Gasteiger partial charge is 0.375 e. The first-order valence-electron chi connectivity index (χ1n) is 9.98. The molecule has 4 nitrogen and oxygen atoms in total. The monoisotopic (exact) mass is 382 g/mol. The van der Waals surface area contributed by atoms with Gasteiger partial charge < -0.3 is 14.5 Å². The van der Waals surface area contributed by atoms with Gasteiger partial charge in [-0.05, 0) is 29.2 Å². The predicted octanol–water partition coefficient (Wildman–Crippen LogP) is 3.49. The number of rotatable bonds is 6. The first kappa shape index (κ1) is 19.1. The molecule has 2 aromatic carbocycles. The Hall–Kier alpha value is -2.24. The van der Waals surface area contributed by atoms with E-state index in [2.05, 4.69) is 17.0 Å². The molecule has 2 heterocycles. The van der Waals surface area contributed by atoms with Gasteiger partial charge in [0, 0.05) is 39.0 Å². The van der Waals surface area contributed by atoms with Crippen LogP contribution in [0.4, 0.5) is 4.39 Å². The van der Waals surface area contributed by atoms with Crippen LogP contribution in [0.1, 0.15) is 24.1 Å². The van der Waals surface area contributed by atoms with Crippen molar-refractivity contribution in [2.75, 3.05) is 32.8 Å². The van der Waals surface area contributed by atoms with E-state index in [1.807, 2.05) is 29.2 Å². The molecular weight excluding hydrogens is 355 g/mol. The van der Waals surface area contributed by atoms with E-state index < -0.39 is 0 Å². The number of hydrogen-bond donors (Lipinski definition) is 0. The summed E-state index contributed by atoms with van der Waals surface area (Å²) < 4.78 is 19.6. The third kappa shape index (κ3) is 4.10. The number of carbonyl (C=O) groups is 1. The summed E-state index contributed by atoms with van der Waals surface area (Å²) >= 11 is 0. The second-order valence-corrected chi connectivity index (χ2v) is 7.89. The van der Waals surface area contributed by atoms with Crippen molar-refractivity contribution in [2.45, 2.75) is 19.6 Å². The van der Waals surface area contributed by atoms with Gasteiger partial charge >= 0.3 is 0 Å². The van der Waals surface area contributed by atoms with E-state index in [-0.39, 0.29) is 17.8 Å². The average molecular weight is 382 g/mol. The maximum absolute atomic E-state index is 13.8. The molecule has 3 atom stereocenters. The quantitative estimate of drug-likeness (QED) is 0.717. The number of hydrogen-bond acceptors (Lipinski definition) is 3. The summed E-state index contributed by atoms with van der Waals surface area (Å²) in [6.45, 7) is 6.46. The Morgan fingerprint density at radius 3 is 2.68 bits per heavy atom. The van der Waals surface area contributed by atoms with Crippen LogP contribution in [-0.2, 0) is 16.1 Å². The van der Waals surface area contributed by atoms with E-state index in [1.54, 1.807) is 19.1 Å². The number of fused-ring (bicyclic) bond motifs is 1. The fourth-order valence-corrected chi connectivity index (χ4v) is 4.72. The average Bonchev–Trinajstić information content (AvgIpc) is 3.23. The van der Waals surface area contributed by atoms with Gasteiger partial charge in [0.2, 0.25) is 5.91 Å². The summed E-state index contributed by atoms with van der Waals surface area (Å²) in [6.07, 6.45) is 0. The minimum absolute atomic E-state index is 0.0339. The van der Waals surface area contributed by atoms with Gasteiger partial charge in [-0.2, -0.15) is 0 Å². The van der Waals surface area contributed by atoms with Gasteiger partial charge in [-0.25, -0.2) is 4.39 Å². The fourth-order valence-electron chi connectivity index (χ4n) is 4.72. The third-order valence-corrected chi connectivity index (χ3v) is 6.00. The minimum atomic E-state index is -0.242. The molecule has 0 N–H and O–H groups in total. The van der Waals surface area contributed by atoms with E-state index in [9.17, 15) is 9.18 Å². The van der Waals surface area contributed by atoms with E-state index in [0.717, 1.165) is 31.7 Å². The van der Waals surface area contributed by atoms with Crippen LogP contribution in [-0.4, -0.2) is 48.5 Å². The van der Waals surface area contributed by atoms with Crippen molar-refractivity contribution in [1.29, 1.82) is 0 Å². The predicted molar refractivity (Wildman–Crippen MR) is 106 cm³/mol. The summed E-state index contributed by atoms with van der Waals surface area (Å²) in [6, 6.07) is 16.9. The number of likely N-dealkylation sites (tertiary alicyclic amines) is 2. The molecule has 148 valence electrons. The van der Waals surface area contributed by atoms with Crippen LogP contribution in [0.3, 0.4) is 0 Å². The first-order valence-corrected chi connectivity index (χ1v) is 9.98. The molecule has 2 aliphatic rings. The van der Waals surface area contributed by atoms with Crippen molar-refractivity contribution >= 4 is 5.91 Å². The zero-order chi connectivity index (χ0) is 19.5. The van der Waals surface area contributed by atoms with Crippen LogP contribution in [0.5, 0.6) is 0 Å². The van der Waals surface area contributed by atoms with Crippen molar-refractivity contribution in [1.82, 2.24) is 9.80 Å². The second-order valence-electron chi connectivity index (χ2n) is 7.89. The smallest absolute Gasteiger partial charge is 0.219 e. The van der Waals surface area contributed by atoms with Crippen LogP contribution in [0, 0.1) is 17.7 Å². The summed E-state index contributed by atoms with van der Waals surface area (Å²) in [5.41, 5.74) is 2.09. The minimum Gasteiger partial charge on any atom is -0.375 e. The molecule has 0 saturated carbocycles. The van der Waals surface area contributed by atoms with Crippen molar-refractivity contribution < 1.29 is 13.9 Å². The molecule has 0 bridgehead atoms. The third-order valence-electron chi connectivity index (χ3n) is 6.00. The number of halogens is 1. The highest BCUT2D eigenvalue weighted by atomic mass is 19.1. The van der Waals surface area contributed by atoms with E-state index >= 15 is 0 Å². The lowest BCUT2D eigenvalue weighted by Crippen LogP contribution is -2.35. The number of ether oxygens (including phenoxy) is 1. The van der Waals surface area contributed by atoms with E-state index in [4.69, 9.17) is 4.74 Å². The highest BCUT2D eigenvalue weighted by molar-refractivity contribution is 5.74. The summed E-state index contributed by atoms with van der Waals surface area (Å²) in [4.78, 5) is 16.5. The van der Waals surface area contributed by atoms with Gasteiger partial charge in [0.1, 0.15) is 5.82 Å². The van der Waals surface area contributed by atoms with Gasteiger partial charge in [0.15, 0.2) is 0 Å². The standard InChI is InChI=1S/C23H27FN2O2/c1-17(27)26-14-20-13-25(10-11-28-16-18-6-3-2-4-7-18)15-22(20)23(26)19-8-5-9-21(24)12-19/h2-9,12,20,22-23H,10-11,13-16H2,1H3/t20-,22-,23+/m1/s1. The molecule has 0 radical (unpaired) electrons. The molecule has 4 rings (SSSR count). The van der Waals surface area contributed by atoms with E-state index in [1.165, 1.54) is 11.6 Å². The molecule has 2 fully saturated rings. The molecule has 2 saturated heterocycles. The molecule has 0 aliphatic carbocycles. The molecule has 0 unspecified atom stereocenters. The Bertz CT molecular complexity index is 813. The van der Waals surface area contributed by atoms with Crippen LogP contribution in [0.15, 0.2) is 54.6 Å². The maximum Gasteiger partial charge on any atom is 0.219 e. The number of nitrogens with zero attached hydrogens (tertiary/aromatic N) is 2. The summed E-state index contributed by atoms with van der Waals surface area (Å²) in [7, 11) is 0. The Morgan fingerprint density at radius 1 is 1.11 bits per heavy atom. The van der Waals surface area contributed by atoms with Gasteiger partial charge in [0.25, 0.3) is 0 Å². The topological polar surface area (TPSA) is 32.8 Å². The molecule has 2 aromatic rings. The molecule has 0 aromatic heterocycles. The van der Waals surface area contributed by atoms with Gasteiger partial charge in [-0.15, -0.1) is 0 Å². The van der Waals surface area contributed by atoms with Crippen LogP contribution in [0.25, 0.3) is 0 Å². The zero-order valence-corrected chi connectivity index (χ0v) is 16.3. The number of benzene rings is 2. The second kappa shape index (κ2) is 8.41. The Balaban J connectivity index is 1.36. The number of amides is 1. The van der Waals surface area contributed by atoms with Crippen molar-refractivity contribution in [3.05, 3.63) is 71.5 Å². The molecule has 1 amide bonds. The van der Waals surface area contributed by atoms with Gasteiger partial charge in [-0.1, -0.05) is 42.5 Å².